The first-order chi connectivity index (χ1) is 9.52. The van der Waals surface area contributed by atoms with E-state index in [0.29, 0.717) is 12.5 Å². The summed E-state index contributed by atoms with van der Waals surface area (Å²) < 4.78 is 5.64. The molecule has 0 bridgehead atoms. The molecular weight excluding hydrogens is 252 g/mol. The van der Waals surface area contributed by atoms with Crippen molar-refractivity contribution in [3.8, 4) is 17.6 Å². The number of aliphatic carboxylic acids is 1. The Morgan fingerprint density at radius 2 is 1.95 bits per heavy atom. The van der Waals surface area contributed by atoms with Crippen LogP contribution >= 0.6 is 0 Å². The van der Waals surface area contributed by atoms with Gasteiger partial charge < -0.3 is 9.84 Å². The van der Waals surface area contributed by atoms with Gasteiger partial charge in [-0.1, -0.05) is 31.9 Å². The Morgan fingerprint density at radius 1 is 1.30 bits per heavy atom. The lowest BCUT2D eigenvalue weighted by atomic mass is 9.96. The van der Waals surface area contributed by atoms with E-state index in [2.05, 4.69) is 25.7 Å². The molecule has 0 aliphatic rings. The number of carboxylic acid groups (broad SMARTS) is 1. The Hall–Kier alpha value is -1.95. The van der Waals surface area contributed by atoms with Crippen LogP contribution in [-0.2, 0) is 4.79 Å². The van der Waals surface area contributed by atoms with Gasteiger partial charge in [-0.2, -0.15) is 0 Å². The SMILES string of the molecule is CC#C[C@H](CC(=O)O)c1ccc(OCCC(C)C)cc1. The highest BCUT2D eigenvalue weighted by Gasteiger charge is 2.13. The summed E-state index contributed by atoms with van der Waals surface area (Å²) in [5.74, 6) is 6.06. The van der Waals surface area contributed by atoms with Gasteiger partial charge >= 0.3 is 5.97 Å². The maximum atomic E-state index is 10.8. The molecule has 0 aromatic heterocycles. The molecule has 3 nitrogen and oxygen atoms in total. The number of carboxylic acids is 1. The summed E-state index contributed by atoms with van der Waals surface area (Å²) >= 11 is 0. The molecule has 0 heterocycles. The first kappa shape index (κ1) is 16.1. The van der Waals surface area contributed by atoms with Gasteiger partial charge in [0.25, 0.3) is 0 Å². The lowest BCUT2D eigenvalue weighted by Gasteiger charge is -2.11. The third-order valence-electron chi connectivity index (χ3n) is 2.94. The summed E-state index contributed by atoms with van der Waals surface area (Å²) in [5, 5.41) is 8.90. The van der Waals surface area contributed by atoms with Crippen LogP contribution in [0.15, 0.2) is 24.3 Å². The topological polar surface area (TPSA) is 46.5 Å². The van der Waals surface area contributed by atoms with Gasteiger partial charge in [-0.15, -0.1) is 5.92 Å². The number of rotatable bonds is 7. The Labute approximate surface area is 121 Å². The van der Waals surface area contributed by atoms with Crippen LogP contribution in [0.5, 0.6) is 5.75 Å². The van der Waals surface area contributed by atoms with Crippen molar-refractivity contribution < 1.29 is 14.6 Å². The van der Waals surface area contributed by atoms with E-state index in [-0.39, 0.29) is 12.3 Å². The maximum absolute atomic E-state index is 10.8. The van der Waals surface area contributed by atoms with Crippen molar-refractivity contribution in [1.82, 2.24) is 0 Å². The fourth-order valence-corrected chi connectivity index (χ4v) is 1.81. The fraction of sp³-hybridized carbons (Fsp3) is 0.471. The zero-order valence-electron chi connectivity index (χ0n) is 12.3. The van der Waals surface area contributed by atoms with Gasteiger partial charge in [-0.05, 0) is 37.0 Å². The molecule has 1 aromatic rings. The third-order valence-corrected chi connectivity index (χ3v) is 2.94. The molecule has 108 valence electrons. The molecule has 1 N–H and O–H groups in total. The molecule has 0 aliphatic heterocycles. The lowest BCUT2D eigenvalue weighted by Crippen LogP contribution is -2.05. The second-order valence-electron chi connectivity index (χ2n) is 5.14. The number of hydrogen-bond acceptors (Lipinski definition) is 2. The zero-order chi connectivity index (χ0) is 15.0. The van der Waals surface area contributed by atoms with Crippen LogP contribution < -0.4 is 4.74 Å². The van der Waals surface area contributed by atoms with Crippen LogP contribution in [0.3, 0.4) is 0 Å². The molecule has 0 saturated carbocycles. The average Bonchev–Trinajstić information content (AvgIpc) is 2.38. The predicted octanol–water partition coefficient (Wildman–Crippen LogP) is 3.69. The van der Waals surface area contributed by atoms with E-state index >= 15 is 0 Å². The molecular formula is C17H22O3. The molecule has 0 spiro atoms. The lowest BCUT2D eigenvalue weighted by molar-refractivity contribution is -0.137. The smallest absolute Gasteiger partial charge is 0.304 e. The molecule has 3 heteroatoms. The third kappa shape index (κ3) is 5.79. The summed E-state index contributed by atoms with van der Waals surface area (Å²) in [5.41, 5.74) is 0.915. The molecule has 0 unspecified atom stereocenters. The quantitative estimate of drug-likeness (QED) is 0.771. The van der Waals surface area contributed by atoms with E-state index in [1.807, 2.05) is 24.3 Å². The first-order valence-corrected chi connectivity index (χ1v) is 6.89. The minimum atomic E-state index is -0.838. The highest BCUT2D eigenvalue weighted by Crippen LogP contribution is 2.22. The standard InChI is InChI=1S/C17H22O3/c1-4-5-15(12-17(18)19)14-6-8-16(9-7-14)20-11-10-13(2)3/h6-9,13,15H,10-12H2,1-3H3,(H,18,19)/t15-/m1/s1. The monoisotopic (exact) mass is 274 g/mol. The van der Waals surface area contributed by atoms with E-state index in [4.69, 9.17) is 9.84 Å². The van der Waals surface area contributed by atoms with Crippen LogP contribution in [0.2, 0.25) is 0 Å². The predicted molar refractivity (Wildman–Crippen MR) is 79.8 cm³/mol. The Balaban J connectivity index is 2.67. The van der Waals surface area contributed by atoms with Crippen molar-refractivity contribution in [2.24, 2.45) is 5.92 Å². The van der Waals surface area contributed by atoms with Gasteiger partial charge in [0.05, 0.1) is 18.9 Å². The molecule has 1 rings (SSSR count). The number of benzene rings is 1. The van der Waals surface area contributed by atoms with Crippen LogP contribution in [0, 0.1) is 17.8 Å². The van der Waals surface area contributed by atoms with Gasteiger partial charge in [0.15, 0.2) is 0 Å². The highest BCUT2D eigenvalue weighted by molar-refractivity contribution is 5.69. The minimum absolute atomic E-state index is 0.0222. The minimum Gasteiger partial charge on any atom is -0.494 e. The number of carbonyl (C=O) groups is 1. The molecule has 1 aromatic carbocycles. The molecule has 0 aliphatic carbocycles. The van der Waals surface area contributed by atoms with Crippen molar-refractivity contribution in [1.29, 1.82) is 0 Å². The second-order valence-corrected chi connectivity index (χ2v) is 5.14. The molecule has 0 saturated heterocycles. The summed E-state index contributed by atoms with van der Waals surface area (Å²) in [7, 11) is 0. The average molecular weight is 274 g/mol. The molecule has 20 heavy (non-hydrogen) atoms. The normalized spacial score (nSPS) is 11.6. The van der Waals surface area contributed by atoms with E-state index in [0.717, 1.165) is 17.7 Å². The Bertz CT molecular complexity index is 477. The van der Waals surface area contributed by atoms with E-state index in [1.54, 1.807) is 6.92 Å². The van der Waals surface area contributed by atoms with Gasteiger partial charge in [0.2, 0.25) is 0 Å². The van der Waals surface area contributed by atoms with Crippen molar-refractivity contribution in [3.63, 3.8) is 0 Å². The highest BCUT2D eigenvalue weighted by atomic mass is 16.5. The van der Waals surface area contributed by atoms with E-state index < -0.39 is 5.97 Å². The summed E-state index contributed by atoms with van der Waals surface area (Å²) in [6.45, 7) is 6.74. The summed E-state index contributed by atoms with van der Waals surface area (Å²) in [6, 6.07) is 7.54. The summed E-state index contributed by atoms with van der Waals surface area (Å²) in [4.78, 5) is 10.8. The molecule has 1 atom stereocenters. The van der Waals surface area contributed by atoms with E-state index in [1.165, 1.54) is 0 Å². The zero-order valence-corrected chi connectivity index (χ0v) is 12.3. The van der Waals surface area contributed by atoms with Gasteiger partial charge in [-0.3, -0.25) is 4.79 Å². The van der Waals surface area contributed by atoms with Crippen molar-refractivity contribution in [3.05, 3.63) is 29.8 Å². The summed E-state index contributed by atoms with van der Waals surface area (Å²) in [6.07, 6.45) is 1.04. The van der Waals surface area contributed by atoms with Crippen molar-refractivity contribution >= 4 is 5.97 Å². The largest absolute Gasteiger partial charge is 0.494 e. The molecule has 0 radical (unpaired) electrons. The van der Waals surface area contributed by atoms with Crippen molar-refractivity contribution in [2.75, 3.05) is 6.61 Å². The first-order valence-electron chi connectivity index (χ1n) is 6.89. The Morgan fingerprint density at radius 3 is 2.45 bits per heavy atom. The van der Waals surface area contributed by atoms with Crippen molar-refractivity contribution in [2.45, 2.75) is 39.5 Å². The maximum Gasteiger partial charge on any atom is 0.304 e. The van der Waals surface area contributed by atoms with Gasteiger partial charge in [-0.25, -0.2) is 0 Å². The second kappa shape index (κ2) is 8.27. The van der Waals surface area contributed by atoms with Crippen LogP contribution in [0.25, 0.3) is 0 Å². The Kier molecular flexibility index (Phi) is 6.66. The van der Waals surface area contributed by atoms with Crippen LogP contribution in [0.4, 0.5) is 0 Å². The fourth-order valence-electron chi connectivity index (χ4n) is 1.81. The van der Waals surface area contributed by atoms with Gasteiger partial charge in [0.1, 0.15) is 5.75 Å². The van der Waals surface area contributed by atoms with Crippen LogP contribution in [-0.4, -0.2) is 17.7 Å². The molecule has 0 amide bonds. The van der Waals surface area contributed by atoms with E-state index in [9.17, 15) is 4.79 Å². The van der Waals surface area contributed by atoms with Crippen LogP contribution in [0.1, 0.15) is 45.1 Å². The molecule has 0 fully saturated rings. The number of ether oxygens (including phenoxy) is 1. The van der Waals surface area contributed by atoms with Gasteiger partial charge in [0, 0.05) is 0 Å². The number of hydrogen-bond donors (Lipinski definition) is 1.